The van der Waals surface area contributed by atoms with Crippen LogP contribution in [0.3, 0.4) is 0 Å². The highest BCUT2D eigenvalue weighted by Crippen LogP contribution is 2.40. The molecule has 0 amide bonds. The van der Waals surface area contributed by atoms with Crippen molar-refractivity contribution >= 4 is 17.8 Å². The van der Waals surface area contributed by atoms with Crippen LogP contribution in [0.2, 0.25) is 0 Å². The minimum absolute atomic E-state index is 0.0371. The van der Waals surface area contributed by atoms with Crippen molar-refractivity contribution < 1.29 is 41.7 Å². The quantitative estimate of drug-likeness (QED) is 0.172. The molecule has 3 rings (SSSR count). The van der Waals surface area contributed by atoms with Gasteiger partial charge in [0.25, 0.3) is 0 Å². The van der Waals surface area contributed by atoms with E-state index in [0.29, 0.717) is 28.4 Å². The van der Waals surface area contributed by atoms with E-state index in [1.807, 2.05) is 0 Å². The molecule has 0 heterocycles. The van der Waals surface area contributed by atoms with Crippen LogP contribution in [0.1, 0.15) is 31.8 Å². The molecule has 0 N–H and O–H groups in total. The number of esters is 1. The second-order valence-corrected chi connectivity index (χ2v) is 7.11. The number of allylic oxidation sites excluding steroid dienone is 1. The average Bonchev–Trinajstić information content (AvgIpc) is 2.86. The van der Waals surface area contributed by atoms with E-state index in [1.165, 1.54) is 51.7 Å². The average molecular weight is 486 g/mol. The van der Waals surface area contributed by atoms with E-state index in [9.17, 15) is 22.8 Å². The third kappa shape index (κ3) is 6.00. The van der Waals surface area contributed by atoms with Gasteiger partial charge in [-0.2, -0.15) is 13.2 Å². The van der Waals surface area contributed by atoms with Crippen LogP contribution in [-0.4, -0.2) is 33.1 Å². The number of carbonyl (C=O) groups is 2. The summed E-state index contributed by atoms with van der Waals surface area (Å²) in [6.07, 6.45) is -1.57. The van der Waals surface area contributed by atoms with Gasteiger partial charge in [0.1, 0.15) is 5.75 Å². The monoisotopic (exact) mass is 486 g/mol. The van der Waals surface area contributed by atoms with Gasteiger partial charge in [-0.25, -0.2) is 4.79 Å². The number of halogens is 3. The molecule has 0 spiro atoms. The van der Waals surface area contributed by atoms with Crippen LogP contribution >= 0.6 is 0 Å². The number of hydrogen-bond donors (Lipinski definition) is 0. The lowest BCUT2D eigenvalue weighted by Gasteiger charge is -2.13. The molecule has 0 aliphatic rings. The summed E-state index contributed by atoms with van der Waals surface area (Å²) in [4.78, 5) is 24.8. The fraction of sp³-hybridized carbons (Fsp3) is 0.154. The molecule has 0 atom stereocenters. The van der Waals surface area contributed by atoms with Crippen LogP contribution in [0.5, 0.6) is 23.0 Å². The Morgan fingerprint density at radius 1 is 0.743 bits per heavy atom. The molecule has 0 aliphatic heterocycles. The van der Waals surface area contributed by atoms with Gasteiger partial charge in [0.15, 0.2) is 17.3 Å². The Kier molecular flexibility index (Phi) is 7.80. The summed E-state index contributed by atoms with van der Waals surface area (Å²) in [5.74, 6) is 0.275. The van der Waals surface area contributed by atoms with Crippen LogP contribution in [0.25, 0.3) is 6.08 Å². The highest BCUT2D eigenvalue weighted by molar-refractivity contribution is 6.07. The number of hydrogen-bond acceptors (Lipinski definition) is 6. The normalized spacial score (nSPS) is 11.3. The predicted octanol–water partition coefficient (Wildman–Crippen LogP) is 5.85. The maximum Gasteiger partial charge on any atom is 0.416 e. The lowest BCUT2D eigenvalue weighted by atomic mass is 10.1. The fourth-order valence-corrected chi connectivity index (χ4v) is 3.17. The third-order valence-electron chi connectivity index (χ3n) is 4.95. The van der Waals surface area contributed by atoms with Crippen LogP contribution in [-0.2, 0) is 6.18 Å². The van der Waals surface area contributed by atoms with Crippen molar-refractivity contribution in [3.05, 3.63) is 89.0 Å². The van der Waals surface area contributed by atoms with Gasteiger partial charge in [-0.3, -0.25) is 4.79 Å². The number of alkyl halides is 3. The van der Waals surface area contributed by atoms with Gasteiger partial charge < -0.3 is 18.9 Å². The van der Waals surface area contributed by atoms with Crippen LogP contribution in [0.15, 0.2) is 66.7 Å². The number of carbonyl (C=O) groups excluding carboxylic acids is 2. The standard InChI is InChI=1S/C26H21F3O6/c1-32-22-15-9-17(23(33-2)24(22)34-3)8-14-21(30)16-6-12-20(13-7-16)35-25(31)18-4-10-19(11-5-18)26(27,28)29/h4-15H,1-3H3/b14-8-. The Morgan fingerprint density at radius 2 is 1.34 bits per heavy atom. The summed E-state index contributed by atoms with van der Waals surface area (Å²) in [5.41, 5.74) is 0.0243. The second-order valence-electron chi connectivity index (χ2n) is 7.11. The van der Waals surface area contributed by atoms with Gasteiger partial charge in [0.2, 0.25) is 5.75 Å². The lowest BCUT2D eigenvalue weighted by Crippen LogP contribution is -2.10. The van der Waals surface area contributed by atoms with Crippen molar-refractivity contribution in [2.45, 2.75) is 6.18 Å². The SMILES string of the molecule is COc1ccc(/C=C\C(=O)c2ccc(OC(=O)c3ccc(C(F)(F)F)cc3)cc2)c(OC)c1OC. The van der Waals surface area contributed by atoms with E-state index >= 15 is 0 Å². The zero-order valence-electron chi connectivity index (χ0n) is 19.0. The molecule has 35 heavy (non-hydrogen) atoms. The van der Waals surface area contributed by atoms with Crippen LogP contribution in [0.4, 0.5) is 13.2 Å². The molecule has 6 nitrogen and oxygen atoms in total. The molecular weight excluding hydrogens is 465 g/mol. The van der Waals surface area contributed by atoms with Crippen LogP contribution in [0, 0.1) is 0 Å². The summed E-state index contributed by atoms with van der Waals surface area (Å²) in [6.45, 7) is 0. The molecule has 0 unspecified atom stereocenters. The van der Waals surface area contributed by atoms with Gasteiger partial charge in [-0.15, -0.1) is 0 Å². The van der Waals surface area contributed by atoms with Crippen molar-refractivity contribution in [1.82, 2.24) is 0 Å². The van der Waals surface area contributed by atoms with Crippen molar-refractivity contribution in [2.75, 3.05) is 21.3 Å². The summed E-state index contributed by atoms with van der Waals surface area (Å²) in [6, 6.07) is 12.9. The van der Waals surface area contributed by atoms with Crippen molar-refractivity contribution in [3.8, 4) is 23.0 Å². The van der Waals surface area contributed by atoms with Crippen molar-refractivity contribution in [2.24, 2.45) is 0 Å². The first-order valence-electron chi connectivity index (χ1n) is 10.2. The van der Waals surface area contributed by atoms with Gasteiger partial charge in [0.05, 0.1) is 32.5 Å². The molecule has 3 aromatic carbocycles. The molecule has 0 fully saturated rings. The smallest absolute Gasteiger partial charge is 0.416 e. The number of rotatable bonds is 8. The van der Waals surface area contributed by atoms with E-state index in [2.05, 4.69) is 0 Å². The zero-order valence-corrected chi connectivity index (χ0v) is 19.0. The van der Waals surface area contributed by atoms with E-state index in [-0.39, 0.29) is 17.1 Å². The molecule has 0 aliphatic carbocycles. The first-order chi connectivity index (χ1) is 16.7. The molecule has 0 saturated carbocycles. The minimum Gasteiger partial charge on any atom is -0.493 e. The van der Waals surface area contributed by atoms with E-state index in [1.54, 1.807) is 18.2 Å². The number of ketones is 1. The van der Waals surface area contributed by atoms with E-state index in [0.717, 1.165) is 24.3 Å². The van der Waals surface area contributed by atoms with Crippen molar-refractivity contribution in [3.63, 3.8) is 0 Å². The van der Waals surface area contributed by atoms with Gasteiger partial charge in [-0.05, 0) is 72.8 Å². The van der Waals surface area contributed by atoms with Gasteiger partial charge in [0, 0.05) is 11.1 Å². The molecule has 0 bridgehead atoms. The predicted molar refractivity (Wildman–Crippen MR) is 122 cm³/mol. The minimum atomic E-state index is -4.50. The Bertz CT molecular complexity index is 1230. The third-order valence-corrected chi connectivity index (χ3v) is 4.95. The Hall–Kier alpha value is -4.27. The summed E-state index contributed by atoms with van der Waals surface area (Å²) in [7, 11) is 4.45. The molecule has 3 aromatic rings. The van der Waals surface area contributed by atoms with Gasteiger partial charge in [-0.1, -0.05) is 0 Å². The Morgan fingerprint density at radius 3 is 1.89 bits per heavy atom. The maximum atomic E-state index is 12.7. The molecular formula is C26H21F3O6. The van der Waals surface area contributed by atoms with Crippen LogP contribution < -0.4 is 18.9 Å². The molecule has 0 aromatic heterocycles. The van der Waals surface area contributed by atoms with E-state index in [4.69, 9.17) is 18.9 Å². The first kappa shape index (κ1) is 25.4. The number of methoxy groups -OCH3 is 3. The zero-order chi connectivity index (χ0) is 25.6. The van der Waals surface area contributed by atoms with Gasteiger partial charge >= 0.3 is 12.1 Å². The second kappa shape index (κ2) is 10.8. The first-order valence-corrected chi connectivity index (χ1v) is 10.2. The summed E-state index contributed by atoms with van der Waals surface area (Å²) >= 11 is 0. The lowest BCUT2D eigenvalue weighted by molar-refractivity contribution is -0.137. The van der Waals surface area contributed by atoms with E-state index < -0.39 is 17.7 Å². The molecule has 182 valence electrons. The number of ether oxygens (including phenoxy) is 4. The topological polar surface area (TPSA) is 71.1 Å². The number of benzene rings is 3. The highest BCUT2D eigenvalue weighted by atomic mass is 19.4. The molecule has 9 heteroatoms. The fourth-order valence-electron chi connectivity index (χ4n) is 3.17. The molecule has 0 radical (unpaired) electrons. The Labute approximate surface area is 199 Å². The largest absolute Gasteiger partial charge is 0.493 e. The summed E-state index contributed by atoms with van der Waals surface area (Å²) < 4.78 is 59.1. The maximum absolute atomic E-state index is 12.7. The Balaban J connectivity index is 1.69. The summed E-state index contributed by atoms with van der Waals surface area (Å²) in [5, 5.41) is 0. The van der Waals surface area contributed by atoms with Crippen molar-refractivity contribution in [1.29, 1.82) is 0 Å². The molecule has 0 saturated heterocycles. The highest BCUT2D eigenvalue weighted by Gasteiger charge is 2.30.